The lowest BCUT2D eigenvalue weighted by atomic mass is 9.75. The molecule has 5 heteroatoms. The van der Waals surface area contributed by atoms with Crippen molar-refractivity contribution in [1.82, 2.24) is 4.90 Å². The zero-order valence-corrected chi connectivity index (χ0v) is 18.3. The number of likely N-dealkylation sites (N-methyl/N-ethyl adjacent to an activating group) is 1. The zero-order valence-electron chi connectivity index (χ0n) is 17.2. The van der Waals surface area contributed by atoms with Crippen LogP contribution in [0.1, 0.15) is 16.7 Å². The van der Waals surface area contributed by atoms with E-state index in [1.54, 1.807) is 14.2 Å². The molecule has 0 amide bonds. The highest BCUT2D eigenvalue weighted by atomic mass is 31.0. The van der Waals surface area contributed by atoms with E-state index in [0.717, 1.165) is 29.2 Å². The topological polar surface area (TPSA) is 30.9 Å². The molecule has 1 unspecified atom stereocenters. The van der Waals surface area contributed by atoms with Crippen molar-refractivity contribution >= 4 is 9.47 Å². The molecule has 3 rings (SSSR count). The number of ether oxygens (including phenoxy) is 2. The lowest BCUT2D eigenvalue weighted by molar-refractivity contribution is 0.169. The molecule has 3 aromatic rings. The third-order valence-corrected chi connectivity index (χ3v) is 5.56. The first kappa shape index (κ1) is 21.3. The Morgan fingerprint density at radius 1 is 0.724 bits per heavy atom. The van der Waals surface area contributed by atoms with Crippen LogP contribution in [0.4, 0.5) is 0 Å². The lowest BCUT2D eigenvalue weighted by Crippen LogP contribution is -2.47. The van der Waals surface area contributed by atoms with Crippen molar-refractivity contribution in [3.05, 3.63) is 95.6 Å². The van der Waals surface area contributed by atoms with Gasteiger partial charge in [-0.3, -0.25) is 4.90 Å². The summed E-state index contributed by atoms with van der Waals surface area (Å²) >= 11 is 0. The van der Waals surface area contributed by atoms with Crippen LogP contribution in [-0.2, 0) is 10.1 Å². The molecule has 0 bridgehead atoms. The van der Waals surface area contributed by atoms with Crippen LogP contribution in [0, 0.1) is 0 Å². The monoisotopic (exact) mass is 409 g/mol. The van der Waals surface area contributed by atoms with E-state index >= 15 is 0 Å². The summed E-state index contributed by atoms with van der Waals surface area (Å²) in [6, 6.07) is 27.1. The Labute approximate surface area is 175 Å². The van der Waals surface area contributed by atoms with Gasteiger partial charge in [0.15, 0.2) is 0 Å². The van der Waals surface area contributed by atoms with Gasteiger partial charge in [-0.25, -0.2) is 0 Å². The Bertz CT molecular complexity index is 835. The average molecular weight is 409 g/mol. The van der Waals surface area contributed by atoms with Crippen molar-refractivity contribution in [2.45, 2.75) is 5.54 Å². The summed E-state index contributed by atoms with van der Waals surface area (Å²) in [6.45, 7) is 1.35. The van der Waals surface area contributed by atoms with Gasteiger partial charge in [-0.05, 0) is 48.0 Å². The molecule has 0 aliphatic heterocycles. The standard InChI is InChI=1S/C24H28NO3P/c1-25(17-18-28-29)24(19-7-5-4-6-8-19,20-9-13-22(26-2)14-10-20)21-11-15-23(27-3)16-12-21/h4-16H,17-18,29H2,1-3H3. The van der Waals surface area contributed by atoms with Gasteiger partial charge in [0.2, 0.25) is 0 Å². The fourth-order valence-electron chi connectivity index (χ4n) is 3.86. The Hall–Kier alpha value is -2.39. The molecule has 0 fully saturated rings. The second-order valence-electron chi connectivity index (χ2n) is 6.83. The maximum Gasteiger partial charge on any atom is 0.118 e. The predicted octanol–water partition coefficient (Wildman–Crippen LogP) is 4.73. The summed E-state index contributed by atoms with van der Waals surface area (Å²) in [6.07, 6.45) is 0. The zero-order chi connectivity index (χ0) is 20.7. The van der Waals surface area contributed by atoms with Gasteiger partial charge in [0, 0.05) is 16.0 Å². The molecule has 0 radical (unpaired) electrons. The maximum absolute atomic E-state index is 5.40. The molecule has 29 heavy (non-hydrogen) atoms. The minimum atomic E-state index is -0.497. The Kier molecular flexibility index (Phi) is 7.27. The highest BCUT2D eigenvalue weighted by Crippen LogP contribution is 2.42. The van der Waals surface area contributed by atoms with Crippen LogP contribution in [0.2, 0.25) is 0 Å². The predicted molar refractivity (Wildman–Crippen MR) is 121 cm³/mol. The normalized spacial score (nSPS) is 11.5. The first-order valence-corrected chi connectivity index (χ1v) is 10.0. The fourth-order valence-corrected chi connectivity index (χ4v) is 3.97. The number of rotatable bonds is 9. The number of hydrogen-bond acceptors (Lipinski definition) is 4. The molecule has 0 aromatic heterocycles. The van der Waals surface area contributed by atoms with Crippen LogP contribution >= 0.6 is 9.47 Å². The van der Waals surface area contributed by atoms with Crippen LogP contribution in [0.5, 0.6) is 11.5 Å². The van der Waals surface area contributed by atoms with Gasteiger partial charge in [-0.15, -0.1) is 0 Å². The largest absolute Gasteiger partial charge is 0.497 e. The smallest absolute Gasteiger partial charge is 0.118 e. The summed E-state index contributed by atoms with van der Waals surface area (Å²) in [5, 5.41) is 0. The van der Waals surface area contributed by atoms with Crippen molar-refractivity contribution in [2.75, 3.05) is 34.4 Å². The molecular weight excluding hydrogens is 381 g/mol. The van der Waals surface area contributed by atoms with Gasteiger partial charge >= 0.3 is 0 Å². The van der Waals surface area contributed by atoms with Crippen LogP contribution in [0.25, 0.3) is 0 Å². The summed E-state index contributed by atoms with van der Waals surface area (Å²) in [7, 11) is 7.84. The molecule has 0 aliphatic carbocycles. The van der Waals surface area contributed by atoms with E-state index in [4.69, 9.17) is 14.0 Å². The lowest BCUT2D eigenvalue weighted by Gasteiger charge is -2.43. The third-order valence-electron chi connectivity index (χ3n) is 5.32. The maximum atomic E-state index is 5.40. The molecule has 0 saturated carbocycles. The minimum absolute atomic E-state index is 0.497. The molecule has 4 nitrogen and oxygen atoms in total. The molecule has 3 aromatic carbocycles. The van der Waals surface area contributed by atoms with E-state index < -0.39 is 5.54 Å². The van der Waals surface area contributed by atoms with Crippen LogP contribution in [0.15, 0.2) is 78.9 Å². The SMILES string of the molecule is COc1ccc(C(c2ccccc2)(c2ccc(OC)cc2)N(C)CCOP)cc1. The second-order valence-corrected chi connectivity index (χ2v) is 7.16. The van der Waals surface area contributed by atoms with Gasteiger partial charge in [0.1, 0.15) is 11.5 Å². The van der Waals surface area contributed by atoms with Crippen molar-refractivity contribution in [1.29, 1.82) is 0 Å². The van der Waals surface area contributed by atoms with Crippen molar-refractivity contribution in [3.8, 4) is 11.5 Å². The molecule has 0 aliphatic rings. The van der Waals surface area contributed by atoms with Gasteiger partial charge in [0.25, 0.3) is 0 Å². The van der Waals surface area contributed by atoms with Crippen LogP contribution in [0.3, 0.4) is 0 Å². The Morgan fingerprint density at radius 3 is 1.59 bits per heavy atom. The molecule has 1 atom stereocenters. The summed E-state index contributed by atoms with van der Waals surface area (Å²) < 4.78 is 16.1. The van der Waals surface area contributed by atoms with Crippen molar-refractivity contribution < 1.29 is 14.0 Å². The molecule has 0 N–H and O–H groups in total. The van der Waals surface area contributed by atoms with E-state index in [1.165, 1.54) is 5.56 Å². The highest BCUT2D eigenvalue weighted by Gasteiger charge is 2.40. The second kappa shape index (κ2) is 9.89. The quantitative estimate of drug-likeness (QED) is 0.378. The van der Waals surface area contributed by atoms with Crippen molar-refractivity contribution in [3.63, 3.8) is 0 Å². The molecule has 0 heterocycles. The van der Waals surface area contributed by atoms with Crippen LogP contribution in [-0.4, -0.2) is 39.3 Å². The Morgan fingerprint density at radius 2 is 1.17 bits per heavy atom. The first-order chi connectivity index (χ1) is 14.2. The van der Waals surface area contributed by atoms with Gasteiger partial charge in [0.05, 0.1) is 26.4 Å². The van der Waals surface area contributed by atoms with Gasteiger partial charge < -0.3 is 14.0 Å². The van der Waals surface area contributed by atoms with Crippen LogP contribution < -0.4 is 9.47 Å². The summed E-state index contributed by atoms with van der Waals surface area (Å²) in [5.41, 5.74) is 2.99. The minimum Gasteiger partial charge on any atom is -0.497 e. The molecule has 152 valence electrons. The van der Waals surface area contributed by atoms with Crippen molar-refractivity contribution in [2.24, 2.45) is 0 Å². The average Bonchev–Trinajstić information content (AvgIpc) is 2.79. The molecular formula is C24H28NO3P. The van der Waals surface area contributed by atoms with Gasteiger partial charge in [-0.1, -0.05) is 54.6 Å². The number of benzene rings is 3. The number of hydrogen-bond donors (Lipinski definition) is 0. The van der Waals surface area contributed by atoms with E-state index in [9.17, 15) is 0 Å². The number of methoxy groups -OCH3 is 2. The van der Waals surface area contributed by atoms with Gasteiger partial charge in [-0.2, -0.15) is 0 Å². The number of nitrogens with zero attached hydrogens (tertiary/aromatic N) is 1. The van der Waals surface area contributed by atoms with E-state index in [1.807, 2.05) is 30.3 Å². The fraction of sp³-hybridized carbons (Fsp3) is 0.250. The molecule has 0 spiro atoms. The third kappa shape index (κ3) is 4.30. The highest BCUT2D eigenvalue weighted by molar-refractivity contribution is 7.09. The molecule has 0 saturated heterocycles. The van der Waals surface area contributed by atoms with E-state index in [-0.39, 0.29) is 0 Å². The van der Waals surface area contributed by atoms with E-state index in [0.29, 0.717) is 6.61 Å². The summed E-state index contributed by atoms with van der Waals surface area (Å²) in [5.74, 6) is 1.67. The first-order valence-electron chi connectivity index (χ1n) is 9.54. The van der Waals surface area contributed by atoms with E-state index in [2.05, 4.69) is 69.9 Å². The summed E-state index contributed by atoms with van der Waals surface area (Å²) in [4.78, 5) is 2.33. The Balaban J connectivity index is 2.27.